The molecule has 2 aromatic rings. The number of rotatable bonds is 5. The third-order valence-electron chi connectivity index (χ3n) is 3.55. The quantitative estimate of drug-likeness (QED) is 0.785. The second kappa shape index (κ2) is 6.49. The maximum absolute atomic E-state index is 12.0. The van der Waals surface area contributed by atoms with Crippen LogP contribution in [0.5, 0.6) is 0 Å². The van der Waals surface area contributed by atoms with Crippen molar-refractivity contribution in [3.8, 4) is 11.4 Å². The largest absolute Gasteiger partial charge is 0.326 e. The summed E-state index contributed by atoms with van der Waals surface area (Å²) in [5.74, 6) is 1.56. The number of hydrogen-bond acceptors (Lipinski definition) is 4. The topological polar surface area (TPSA) is 96.7 Å². The lowest BCUT2D eigenvalue weighted by atomic mass is 9.97. The molecule has 0 saturated carbocycles. The van der Waals surface area contributed by atoms with Gasteiger partial charge in [0.2, 0.25) is 5.91 Å². The van der Waals surface area contributed by atoms with Gasteiger partial charge in [0.25, 0.3) is 0 Å². The van der Waals surface area contributed by atoms with Crippen LogP contribution in [0.15, 0.2) is 24.3 Å². The molecule has 0 radical (unpaired) electrons. The fourth-order valence-electron chi connectivity index (χ4n) is 1.78. The predicted molar refractivity (Wildman–Crippen MR) is 82.3 cm³/mol. The molecule has 1 aromatic heterocycles. The minimum Gasteiger partial charge on any atom is -0.326 e. The highest BCUT2D eigenvalue weighted by molar-refractivity contribution is 5.92. The minimum atomic E-state index is -0.0233. The maximum atomic E-state index is 12.0. The van der Waals surface area contributed by atoms with E-state index in [9.17, 15) is 4.79 Å². The number of H-pyrrole nitrogens is 1. The molecule has 0 saturated heterocycles. The average Bonchev–Trinajstić information content (AvgIpc) is 2.96. The molecule has 1 aromatic carbocycles. The number of benzene rings is 1. The minimum absolute atomic E-state index is 0.0233. The van der Waals surface area contributed by atoms with Crippen LogP contribution >= 0.6 is 0 Å². The van der Waals surface area contributed by atoms with Crippen LogP contribution in [-0.2, 0) is 11.3 Å². The van der Waals surface area contributed by atoms with E-state index < -0.39 is 0 Å². The van der Waals surface area contributed by atoms with E-state index in [2.05, 4.69) is 20.5 Å². The number of carbonyl (C=O) groups excluding carboxylic acids is 1. The first-order chi connectivity index (χ1) is 10.0. The highest BCUT2D eigenvalue weighted by Gasteiger charge is 2.16. The zero-order valence-electron chi connectivity index (χ0n) is 12.6. The lowest BCUT2D eigenvalue weighted by Gasteiger charge is -2.15. The first-order valence-electron chi connectivity index (χ1n) is 7.04. The third kappa shape index (κ3) is 3.66. The molecule has 1 amide bonds. The van der Waals surface area contributed by atoms with Crippen LogP contribution in [0.2, 0.25) is 0 Å². The summed E-state index contributed by atoms with van der Waals surface area (Å²) in [4.78, 5) is 16.3. The molecule has 0 bridgehead atoms. The van der Waals surface area contributed by atoms with Gasteiger partial charge in [0.15, 0.2) is 5.82 Å². The van der Waals surface area contributed by atoms with Gasteiger partial charge in [-0.2, -0.15) is 5.10 Å². The van der Waals surface area contributed by atoms with Crippen LogP contribution in [0.1, 0.15) is 26.6 Å². The molecule has 112 valence electrons. The monoisotopic (exact) mass is 287 g/mol. The van der Waals surface area contributed by atoms with Crippen molar-refractivity contribution in [3.63, 3.8) is 0 Å². The van der Waals surface area contributed by atoms with Crippen molar-refractivity contribution in [2.75, 3.05) is 5.32 Å². The number of aromatic amines is 1. The first-order valence-corrected chi connectivity index (χ1v) is 7.04. The summed E-state index contributed by atoms with van der Waals surface area (Å²) in [7, 11) is 0. The van der Waals surface area contributed by atoms with E-state index in [4.69, 9.17) is 5.73 Å². The number of hydrogen-bond donors (Lipinski definition) is 3. The normalized spacial score (nSPS) is 12.4. The molecule has 0 aliphatic rings. The average molecular weight is 287 g/mol. The number of anilines is 1. The standard InChI is InChI=1S/C15H21N5O/c1-9(2)10(3)15(21)17-12-6-4-11(5-7-12)14-18-13(8-16)19-20-14/h4-7,9-10H,8,16H2,1-3H3,(H,17,21)(H,18,19,20). The lowest BCUT2D eigenvalue weighted by Crippen LogP contribution is -2.24. The summed E-state index contributed by atoms with van der Waals surface area (Å²) in [6.07, 6.45) is 0. The van der Waals surface area contributed by atoms with Crippen LogP contribution in [0, 0.1) is 11.8 Å². The van der Waals surface area contributed by atoms with E-state index in [0.717, 1.165) is 11.3 Å². The second-order valence-corrected chi connectivity index (χ2v) is 5.41. The highest BCUT2D eigenvalue weighted by atomic mass is 16.1. The van der Waals surface area contributed by atoms with Gasteiger partial charge >= 0.3 is 0 Å². The summed E-state index contributed by atoms with van der Waals surface area (Å²) in [6.45, 7) is 6.32. The van der Waals surface area contributed by atoms with Crippen LogP contribution in [0.3, 0.4) is 0 Å². The molecular weight excluding hydrogens is 266 g/mol. The van der Waals surface area contributed by atoms with Crippen molar-refractivity contribution in [2.45, 2.75) is 27.3 Å². The van der Waals surface area contributed by atoms with E-state index >= 15 is 0 Å². The number of amides is 1. The van der Waals surface area contributed by atoms with Gasteiger partial charge in [-0.3, -0.25) is 9.89 Å². The summed E-state index contributed by atoms with van der Waals surface area (Å²) in [6, 6.07) is 7.44. The molecule has 6 nitrogen and oxygen atoms in total. The molecule has 21 heavy (non-hydrogen) atoms. The molecule has 1 atom stereocenters. The van der Waals surface area contributed by atoms with Crippen LogP contribution in [-0.4, -0.2) is 21.1 Å². The summed E-state index contributed by atoms with van der Waals surface area (Å²) >= 11 is 0. The Hall–Kier alpha value is -2.21. The maximum Gasteiger partial charge on any atom is 0.227 e. The Morgan fingerprint density at radius 2 is 1.95 bits per heavy atom. The van der Waals surface area contributed by atoms with Crippen molar-refractivity contribution in [1.82, 2.24) is 15.2 Å². The van der Waals surface area contributed by atoms with Gasteiger partial charge < -0.3 is 11.1 Å². The molecule has 1 heterocycles. The highest BCUT2D eigenvalue weighted by Crippen LogP contribution is 2.19. The fraction of sp³-hybridized carbons (Fsp3) is 0.400. The third-order valence-corrected chi connectivity index (χ3v) is 3.55. The summed E-state index contributed by atoms with van der Waals surface area (Å²) < 4.78 is 0. The fourth-order valence-corrected chi connectivity index (χ4v) is 1.78. The Bertz CT molecular complexity index is 603. The number of carbonyl (C=O) groups is 1. The Kier molecular flexibility index (Phi) is 4.70. The molecular formula is C15H21N5O. The van der Waals surface area contributed by atoms with Gasteiger partial charge in [0, 0.05) is 17.2 Å². The van der Waals surface area contributed by atoms with Crippen molar-refractivity contribution < 1.29 is 4.79 Å². The number of aromatic nitrogens is 3. The molecule has 0 aliphatic heterocycles. The molecule has 4 N–H and O–H groups in total. The second-order valence-electron chi connectivity index (χ2n) is 5.41. The molecule has 0 spiro atoms. The Morgan fingerprint density at radius 3 is 2.48 bits per heavy atom. The first kappa shape index (κ1) is 15.2. The Balaban J connectivity index is 2.07. The van der Waals surface area contributed by atoms with Crippen molar-refractivity contribution in [3.05, 3.63) is 30.1 Å². The number of nitrogens with one attached hydrogen (secondary N) is 2. The predicted octanol–water partition coefficient (Wildman–Crippen LogP) is 2.16. The zero-order valence-corrected chi connectivity index (χ0v) is 12.6. The van der Waals surface area contributed by atoms with Gasteiger partial charge in [0.1, 0.15) is 5.82 Å². The number of nitrogens with zero attached hydrogens (tertiary/aromatic N) is 2. The van der Waals surface area contributed by atoms with Gasteiger partial charge in [-0.25, -0.2) is 4.98 Å². The van der Waals surface area contributed by atoms with Gasteiger partial charge in [-0.05, 0) is 30.2 Å². The van der Waals surface area contributed by atoms with Crippen molar-refractivity contribution in [1.29, 1.82) is 0 Å². The van der Waals surface area contributed by atoms with E-state index in [0.29, 0.717) is 24.1 Å². The van der Waals surface area contributed by atoms with Gasteiger partial charge in [-0.15, -0.1) is 0 Å². The Morgan fingerprint density at radius 1 is 1.29 bits per heavy atom. The molecule has 2 rings (SSSR count). The van der Waals surface area contributed by atoms with E-state index in [-0.39, 0.29) is 11.8 Å². The van der Waals surface area contributed by atoms with E-state index in [1.165, 1.54) is 0 Å². The van der Waals surface area contributed by atoms with Crippen LogP contribution in [0.4, 0.5) is 5.69 Å². The van der Waals surface area contributed by atoms with Crippen molar-refractivity contribution in [2.24, 2.45) is 17.6 Å². The van der Waals surface area contributed by atoms with E-state index in [1.807, 2.05) is 45.0 Å². The van der Waals surface area contributed by atoms with Gasteiger partial charge in [0.05, 0.1) is 6.54 Å². The number of nitrogens with two attached hydrogens (primary N) is 1. The summed E-state index contributed by atoms with van der Waals surface area (Å²) in [5.41, 5.74) is 7.14. The Labute approximate surface area is 124 Å². The SMILES string of the molecule is CC(C)C(C)C(=O)Nc1ccc(-c2n[nH]c(CN)n2)cc1. The zero-order chi connectivity index (χ0) is 15.4. The molecule has 0 aliphatic carbocycles. The molecule has 1 unspecified atom stereocenters. The smallest absolute Gasteiger partial charge is 0.227 e. The van der Waals surface area contributed by atoms with Crippen LogP contribution in [0.25, 0.3) is 11.4 Å². The molecule has 0 fully saturated rings. The molecule has 6 heteroatoms. The van der Waals surface area contributed by atoms with Gasteiger partial charge in [-0.1, -0.05) is 20.8 Å². The van der Waals surface area contributed by atoms with Crippen LogP contribution < -0.4 is 11.1 Å². The van der Waals surface area contributed by atoms with E-state index in [1.54, 1.807) is 0 Å². The summed E-state index contributed by atoms with van der Waals surface area (Å²) in [5, 5.41) is 9.78. The van der Waals surface area contributed by atoms with Crippen molar-refractivity contribution >= 4 is 11.6 Å². The lowest BCUT2D eigenvalue weighted by molar-refractivity contribution is -0.120.